The summed E-state index contributed by atoms with van der Waals surface area (Å²) in [6, 6.07) is 7.93. The molecule has 16 heavy (non-hydrogen) atoms. The van der Waals surface area contributed by atoms with Gasteiger partial charge in [0, 0.05) is 17.4 Å². The monoisotopic (exact) mass is 212 g/mol. The predicted molar refractivity (Wildman–Crippen MR) is 63.0 cm³/mol. The Bertz CT molecular complexity index is 575. The van der Waals surface area contributed by atoms with Gasteiger partial charge in [-0.3, -0.25) is 4.79 Å². The van der Waals surface area contributed by atoms with Crippen molar-refractivity contribution >= 4 is 22.3 Å². The van der Waals surface area contributed by atoms with Crippen LogP contribution in [-0.4, -0.2) is 5.78 Å². The van der Waals surface area contributed by atoms with Crippen LogP contribution in [0.5, 0.6) is 0 Å². The highest BCUT2D eigenvalue weighted by Crippen LogP contribution is 2.32. The molecule has 1 aromatic heterocycles. The Morgan fingerprint density at radius 1 is 1.12 bits per heavy atom. The molecule has 0 saturated carbocycles. The molecule has 2 aromatic rings. The van der Waals surface area contributed by atoms with E-state index in [1.54, 1.807) is 12.3 Å². The molecule has 0 bridgehead atoms. The van der Waals surface area contributed by atoms with Crippen LogP contribution < -0.4 is 0 Å². The summed E-state index contributed by atoms with van der Waals surface area (Å²) in [7, 11) is 0. The van der Waals surface area contributed by atoms with Crippen LogP contribution in [0.4, 0.5) is 0 Å². The summed E-state index contributed by atoms with van der Waals surface area (Å²) in [5.74, 6) is 0.228. The van der Waals surface area contributed by atoms with Gasteiger partial charge < -0.3 is 4.42 Å². The number of fused-ring (bicyclic) bond motifs is 1. The molecule has 2 nitrogen and oxygen atoms in total. The maximum atomic E-state index is 11.4. The third kappa shape index (κ3) is 1.47. The Morgan fingerprint density at radius 2 is 2.00 bits per heavy atom. The minimum atomic E-state index is 0.228. The van der Waals surface area contributed by atoms with Gasteiger partial charge >= 0.3 is 0 Å². The highest BCUT2D eigenvalue weighted by atomic mass is 16.3. The highest BCUT2D eigenvalue weighted by molar-refractivity contribution is 6.02. The summed E-state index contributed by atoms with van der Waals surface area (Å²) in [5.41, 5.74) is 3.07. The van der Waals surface area contributed by atoms with Crippen molar-refractivity contribution in [3.8, 4) is 0 Å². The molecule has 3 rings (SSSR count). The van der Waals surface area contributed by atoms with Gasteiger partial charge in [0.2, 0.25) is 0 Å². The van der Waals surface area contributed by atoms with Crippen molar-refractivity contribution < 1.29 is 9.21 Å². The number of rotatable bonds is 1. The van der Waals surface area contributed by atoms with E-state index in [-0.39, 0.29) is 5.78 Å². The van der Waals surface area contributed by atoms with Crippen LogP contribution in [-0.2, 0) is 4.79 Å². The lowest BCUT2D eigenvalue weighted by molar-refractivity contribution is -0.114. The first kappa shape index (κ1) is 9.40. The van der Waals surface area contributed by atoms with E-state index in [9.17, 15) is 4.79 Å². The van der Waals surface area contributed by atoms with Gasteiger partial charge in [0.25, 0.3) is 0 Å². The molecule has 1 aromatic carbocycles. The molecule has 0 N–H and O–H groups in total. The Kier molecular flexibility index (Phi) is 2.13. The molecule has 1 heterocycles. The number of hydrogen-bond acceptors (Lipinski definition) is 2. The first-order valence-corrected chi connectivity index (χ1v) is 5.54. The van der Waals surface area contributed by atoms with Crippen molar-refractivity contribution in [3.05, 3.63) is 42.2 Å². The van der Waals surface area contributed by atoms with E-state index in [4.69, 9.17) is 4.42 Å². The lowest BCUT2D eigenvalue weighted by Crippen LogP contribution is -2.01. The van der Waals surface area contributed by atoms with Gasteiger partial charge in [-0.1, -0.05) is 18.2 Å². The lowest BCUT2D eigenvalue weighted by Gasteiger charge is -2.10. The zero-order valence-electron chi connectivity index (χ0n) is 8.90. The van der Waals surface area contributed by atoms with Crippen molar-refractivity contribution in [1.82, 2.24) is 0 Å². The molecule has 0 unspecified atom stereocenters. The number of benzene rings is 1. The molecule has 0 fully saturated rings. The van der Waals surface area contributed by atoms with E-state index < -0.39 is 0 Å². The van der Waals surface area contributed by atoms with Crippen LogP contribution in [0, 0.1) is 0 Å². The van der Waals surface area contributed by atoms with Crippen LogP contribution >= 0.6 is 0 Å². The van der Waals surface area contributed by atoms with Crippen LogP contribution in [0.2, 0.25) is 0 Å². The summed E-state index contributed by atoms with van der Waals surface area (Å²) >= 11 is 0. The van der Waals surface area contributed by atoms with E-state index in [0.717, 1.165) is 34.9 Å². The molecule has 0 saturated heterocycles. The first-order valence-electron chi connectivity index (χ1n) is 5.54. The van der Waals surface area contributed by atoms with Gasteiger partial charge in [-0.15, -0.1) is 0 Å². The molecule has 0 spiro atoms. The quantitative estimate of drug-likeness (QED) is 0.723. The number of carbonyl (C=O) groups is 1. The van der Waals surface area contributed by atoms with E-state index in [0.29, 0.717) is 6.42 Å². The zero-order valence-corrected chi connectivity index (χ0v) is 8.90. The zero-order chi connectivity index (χ0) is 11.0. The number of allylic oxidation sites excluding steroid dienone is 2. The lowest BCUT2D eigenvalue weighted by atomic mass is 9.93. The fourth-order valence-corrected chi connectivity index (χ4v) is 2.23. The molecule has 80 valence electrons. The second-order valence-corrected chi connectivity index (χ2v) is 4.13. The summed E-state index contributed by atoms with van der Waals surface area (Å²) in [6.45, 7) is 0. The normalized spacial score (nSPS) is 16.5. The predicted octanol–water partition coefficient (Wildman–Crippen LogP) is 3.57. The molecule has 0 amide bonds. The summed E-state index contributed by atoms with van der Waals surface area (Å²) < 4.78 is 5.49. The molecule has 1 aliphatic rings. The SMILES string of the molecule is O=C1C=C(c2coc3ccccc23)CCC1. The summed E-state index contributed by atoms with van der Waals surface area (Å²) in [5, 5.41) is 1.10. The fourth-order valence-electron chi connectivity index (χ4n) is 2.23. The average Bonchev–Trinajstić information content (AvgIpc) is 2.72. The van der Waals surface area contributed by atoms with Crippen molar-refractivity contribution in [2.75, 3.05) is 0 Å². The Labute approximate surface area is 93.6 Å². The number of carbonyl (C=O) groups excluding carboxylic acids is 1. The number of para-hydroxylation sites is 1. The second-order valence-electron chi connectivity index (χ2n) is 4.13. The second kappa shape index (κ2) is 3.63. The van der Waals surface area contributed by atoms with Crippen LogP contribution in [0.15, 0.2) is 41.0 Å². The number of ketones is 1. The molecule has 2 heteroatoms. The molecule has 1 aliphatic carbocycles. The Hall–Kier alpha value is -1.83. The number of hydrogen-bond donors (Lipinski definition) is 0. The first-order chi connectivity index (χ1) is 7.84. The van der Waals surface area contributed by atoms with Gasteiger partial charge in [-0.05, 0) is 30.6 Å². The minimum Gasteiger partial charge on any atom is -0.464 e. The highest BCUT2D eigenvalue weighted by Gasteiger charge is 2.15. The van der Waals surface area contributed by atoms with Gasteiger partial charge in [0.15, 0.2) is 5.78 Å². The molecule has 0 radical (unpaired) electrons. The fraction of sp³-hybridized carbons (Fsp3) is 0.214. The topological polar surface area (TPSA) is 30.2 Å². The summed E-state index contributed by atoms with van der Waals surface area (Å²) in [6.07, 6.45) is 6.12. The number of furan rings is 1. The Balaban J connectivity index is 2.15. The Morgan fingerprint density at radius 3 is 2.88 bits per heavy atom. The van der Waals surface area contributed by atoms with Gasteiger partial charge in [-0.2, -0.15) is 0 Å². The maximum absolute atomic E-state index is 11.4. The van der Waals surface area contributed by atoms with E-state index in [1.807, 2.05) is 24.3 Å². The molecule has 0 aliphatic heterocycles. The smallest absolute Gasteiger partial charge is 0.155 e. The van der Waals surface area contributed by atoms with Crippen molar-refractivity contribution in [3.63, 3.8) is 0 Å². The van der Waals surface area contributed by atoms with Crippen LogP contribution in [0.3, 0.4) is 0 Å². The van der Waals surface area contributed by atoms with Crippen LogP contribution in [0.25, 0.3) is 16.5 Å². The molecule has 0 atom stereocenters. The molecular weight excluding hydrogens is 200 g/mol. The maximum Gasteiger partial charge on any atom is 0.155 e. The van der Waals surface area contributed by atoms with Crippen LogP contribution in [0.1, 0.15) is 24.8 Å². The third-order valence-corrected chi connectivity index (χ3v) is 3.03. The standard InChI is InChI=1S/C14H12O2/c15-11-5-3-4-10(8-11)13-9-16-14-7-2-1-6-12(13)14/h1-2,6-9H,3-5H2. The van der Waals surface area contributed by atoms with Gasteiger partial charge in [-0.25, -0.2) is 0 Å². The average molecular weight is 212 g/mol. The van der Waals surface area contributed by atoms with E-state index in [2.05, 4.69) is 0 Å². The van der Waals surface area contributed by atoms with Gasteiger partial charge in [0.1, 0.15) is 5.58 Å². The minimum absolute atomic E-state index is 0.228. The van der Waals surface area contributed by atoms with Crippen molar-refractivity contribution in [2.45, 2.75) is 19.3 Å². The van der Waals surface area contributed by atoms with E-state index >= 15 is 0 Å². The molecular formula is C14H12O2. The van der Waals surface area contributed by atoms with Crippen molar-refractivity contribution in [2.24, 2.45) is 0 Å². The largest absolute Gasteiger partial charge is 0.464 e. The van der Waals surface area contributed by atoms with Gasteiger partial charge in [0.05, 0.1) is 6.26 Å². The van der Waals surface area contributed by atoms with Crippen molar-refractivity contribution in [1.29, 1.82) is 0 Å². The summed E-state index contributed by atoms with van der Waals surface area (Å²) in [4.78, 5) is 11.4. The third-order valence-electron chi connectivity index (χ3n) is 3.03. The van der Waals surface area contributed by atoms with E-state index in [1.165, 1.54) is 0 Å².